The maximum absolute atomic E-state index is 6.17. The third-order valence-electron chi connectivity index (χ3n) is 2.64. The van der Waals surface area contributed by atoms with Gasteiger partial charge in [0.15, 0.2) is 10.8 Å². The lowest BCUT2D eigenvalue weighted by Gasteiger charge is -2.28. The largest absolute Gasteiger partial charge is 0.378 e. The van der Waals surface area contributed by atoms with Gasteiger partial charge in [-0.2, -0.15) is 4.52 Å². The van der Waals surface area contributed by atoms with Gasteiger partial charge < -0.3 is 9.64 Å². The van der Waals surface area contributed by atoms with Crippen molar-refractivity contribution < 1.29 is 4.74 Å². The number of aromatic nitrogens is 4. The molecule has 1 aliphatic rings. The monoisotopic (exact) mass is 317 g/mol. The van der Waals surface area contributed by atoms with Crippen LogP contribution in [0.1, 0.15) is 0 Å². The highest BCUT2D eigenvalue weighted by Gasteiger charge is 2.17. The van der Waals surface area contributed by atoms with E-state index in [1.807, 2.05) is 6.07 Å². The second-order valence-electron chi connectivity index (χ2n) is 3.66. The highest BCUT2D eigenvalue weighted by atomic mass is 79.9. The number of morpholine rings is 1. The first-order chi connectivity index (χ1) is 8.25. The van der Waals surface area contributed by atoms with Gasteiger partial charge >= 0.3 is 0 Å². The molecule has 0 bridgehead atoms. The van der Waals surface area contributed by atoms with Gasteiger partial charge in [0.05, 0.1) is 18.9 Å². The van der Waals surface area contributed by atoms with Gasteiger partial charge in [0, 0.05) is 19.2 Å². The summed E-state index contributed by atoms with van der Waals surface area (Å²) in [5, 5.41) is 12.6. The minimum Gasteiger partial charge on any atom is -0.378 e. The minimum absolute atomic E-state index is 0.444. The molecular weight excluding hydrogens is 309 g/mol. The predicted molar refractivity (Wildman–Crippen MR) is 66.5 cm³/mol. The second-order valence-corrected chi connectivity index (χ2v) is 4.73. The van der Waals surface area contributed by atoms with Gasteiger partial charge in [-0.3, -0.25) is 0 Å². The summed E-state index contributed by atoms with van der Waals surface area (Å²) in [6.07, 6.45) is 0. The summed E-state index contributed by atoms with van der Waals surface area (Å²) in [6, 6.07) is 1.89. The van der Waals surface area contributed by atoms with Crippen LogP contribution in [-0.2, 0) is 4.74 Å². The number of hydrogen-bond acceptors (Lipinski definition) is 5. The lowest BCUT2D eigenvalue weighted by molar-refractivity contribution is 0.122. The Bertz CT molecular complexity index is 554. The molecule has 1 saturated heterocycles. The topological polar surface area (TPSA) is 55.5 Å². The highest BCUT2D eigenvalue weighted by molar-refractivity contribution is 9.10. The molecule has 0 radical (unpaired) electrons. The molecule has 3 heterocycles. The van der Waals surface area contributed by atoms with Crippen molar-refractivity contribution in [2.24, 2.45) is 0 Å². The van der Waals surface area contributed by atoms with E-state index < -0.39 is 0 Å². The summed E-state index contributed by atoms with van der Waals surface area (Å²) in [4.78, 5) is 2.14. The third-order valence-corrected chi connectivity index (χ3v) is 3.41. The Labute approximate surface area is 111 Å². The van der Waals surface area contributed by atoms with Crippen molar-refractivity contribution in [1.29, 1.82) is 0 Å². The Balaban J connectivity index is 2.06. The Morgan fingerprint density at radius 1 is 1.29 bits per heavy atom. The zero-order valence-electron chi connectivity index (χ0n) is 8.81. The summed E-state index contributed by atoms with van der Waals surface area (Å²) in [6.45, 7) is 3.04. The SMILES string of the molecule is Clc1nn2c(Br)nnc2cc1N1CCOCC1. The van der Waals surface area contributed by atoms with Gasteiger partial charge in [-0.05, 0) is 15.9 Å². The number of rotatable bonds is 1. The quantitative estimate of drug-likeness (QED) is 0.795. The molecule has 0 spiro atoms. The smallest absolute Gasteiger partial charge is 0.221 e. The van der Waals surface area contributed by atoms with E-state index in [0.717, 1.165) is 18.8 Å². The Morgan fingerprint density at radius 3 is 2.82 bits per heavy atom. The molecule has 2 aromatic heterocycles. The Morgan fingerprint density at radius 2 is 2.06 bits per heavy atom. The molecule has 3 rings (SSSR count). The molecule has 0 aliphatic carbocycles. The number of hydrogen-bond donors (Lipinski definition) is 0. The summed E-state index contributed by atoms with van der Waals surface area (Å²) in [5.74, 6) is 0. The molecule has 6 nitrogen and oxygen atoms in total. The van der Waals surface area contributed by atoms with Crippen molar-refractivity contribution in [1.82, 2.24) is 19.8 Å². The summed E-state index contributed by atoms with van der Waals surface area (Å²) in [5.41, 5.74) is 1.55. The maximum Gasteiger partial charge on any atom is 0.221 e. The molecule has 0 unspecified atom stereocenters. The van der Waals surface area contributed by atoms with Crippen molar-refractivity contribution in [3.05, 3.63) is 16.0 Å². The van der Waals surface area contributed by atoms with Crippen LogP contribution in [0, 0.1) is 0 Å². The fraction of sp³-hybridized carbons (Fsp3) is 0.444. The van der Waals surface area contributed by atoms with Gasteiger partial charge in [0.2, 0.25) is 4.73 Å². The van der Waals surface area contributed by atoms with Crippen molar-refractivity contribution in [3.8, 4) is 0 Å². The minimum atomic E-state index is 0.444. The van der Waals surface area contributed by atoms with E-state index >= 15 is 0 Å². The Kier molecular flexibility index (Phi) is 2.89. The van der Waals surface area contributed by atoms with Crippen LogP contribution in [0.2, 0.25) is 5.15 Å². The van der Waals surface area contributed by atoms with Crippen molar-refractivity contribution >= 4 is 38.9 Å². The van der Waals surface area contributed by atoms with Crippen LogP contribution in [0.3, 0.4) is 0 Å². The zero-order chi connectivity index (χ0) is 11.8. The van der Waals surface area contributed by atoms with Crippen LogP contribution in [-0.4, -0.2) is 46.1 Å². The van der Waals surface area contributed by atoms with Crippen molar-refractivity contribution in [2.75, 3.05) is 31.2 Å². The molecule has 1 aliphatic heterocycles. The van der Waals surface area contributed by atoms with Crippen LogP contribution in [0.4, 0.5) is 5.69 Å². The molecular formula is C9H9BrClN5O. The molecule has 17 heavy (non-hydrogen) atoms. The average molecular weight is 319 g/mol. The number of ether oxygens (including phenoxy) is 1. The number of anilines is 1. The molecule has 2 aromatic rings. The van der Waals surface area contributed by atoms with E-state index in [9.17, 15) is 0 Å². The first-order valence-corrected chi connectivity index (χ1v) is 6.33. The van der Waals surface area contributed by atoms with Gasteiger partial charge in [0.1, 0.15) is 0 Å². The fourth-order valence-electron chi connectivity index (χ4n) is 1.80. The van der Waals surface area contributed by atoms with E-state index in [2.05, 4.69) is 36.1 Å². The normalized spacial score (nSPS) is 16.7. The van der Waals surface area contributed by atoms with E-state index in [1.165, 1.54) is 0 Å². The van der Waals surface area contributed by atoms with Gasteiger partial charge in [-0.15, -0.1) is 15.3 Å². The lowest BCUT2D eigenvalue weighted by atomic mass is 10.3. The van der Waals surface area contributed by atoms with Crippen LogP contribution < -0.4 is 4.90 Å². The fourth-order valence-corrected chi connectivity index (χ4v) is 2.39. The van der Waals surface area contributed by atoms with Crippen LogP contribution in [0.25, 0.3) is 5.65 Å². The molecule has 8 heteroatoms. The number of nitrogens with zero attached hydrogens (tertiary/aromatic N) is 5. The molecule has 0 N–H and O–H groups in total. The van der Waals surface area contributed by atoms with Crippen LogP contribution in [0.5, 0.6) is 0 Å². The zero-order valence-corrected chi connectivity index (χ0v) is 11.1. The summed E-state index contributed by atoms with van der Waals surface area (Å²) in [7, 11) is 0. The first-order valence-electron chi connectivity index (χ1n) is 5.16. The van der Waals surface area contributed by atoms with Crippen molar-refractivity contribution in [3.63, 3.8) is 0 Å². The first kappa shape index (κ1) is 11.2. The molecule has 0 atom stereocenters. The second kappa shape index (κ2) is 4.40. The molecule has 0 saturated carbocycles. The lowest BCUT2D eigenvalue weighted by Crippen LogP contribution is -2.36. The number of halogens is 2. The van der Waals surface area contributed by atoms with Crippen molar-refractivity contribution in [2.45, 2.75) is 0 Å². The average Bonchev–Trinajstić information content (AvgIpc) is 2.71. The van der Waals surface area contributed by atoms with E-state index in [4.69, 9.17) is 16.3 Å². The van der Waals surface area contributed by atoms with Crippen LogP contribution in [0.15, 0.2) is 10.8 Å². The van der Waals surface area contributed by atoms with E-state index in [0.29, 0.717) is 28.7 Å². The van der Waals surface area contributed by atoms with Gasteiger partial charge in [-0.25, -0.2) is 0 Å². The predicted octanol–water partition coefficient (Wildman–Crippen LogP) is 1.38. The Hall–Kier alpha value is -0.920. The molecule has 0 amide bonds. The van der Waals surface area contributed by atoms with Gasteiger partial charge in [0.25, 0.3) is 0 Å². The highest BCUT2D eigenvalue weighted by Crippen LogP contribution is 2.26. The molecule has 0 aromatic carbocycles. The van der Waals surface area contributed by atoms with E-state index in [1.54, 1.807) is 4.52 Å². The summed E-state index contributed by atoms with van der Waals surface area (Å²) >= 11 is 9.43. The standard InChI is InChI=1S/C9H9BrClN5O/c10-9-13-12-7-5-6(8(11)14-16(7)9)15-1-3-17-4-2-15/h5H,1-4H2. The van der Waals surface area contributed by atoms with E-state index in [-0.39, 0.29) is 0 Å². The van der Waals surface area contributed by atoms with Gasteiger partial charge in [-0.1, -0.05) is 11.6 Å². The molecule has 90 valence electrons. The molecule has 1 fully saturated rings. The van der Waals surface area contributed by atoms with Crippen LogP contribution >= 0.6 is 27.5 Å². The number of fused-ring (bicyclic) bond motifs is 1. The maximum atomic E-state index is 6.17. The third kappa shape index (κ3) is 1.98. The summed E-state index contributed by atoms with van der Waals surface area (Å²) < 4.78 is 7.41.